The molecule has 1 aliphatic heterocycles. The summed E-state index contributed by atoms with van der Waals surface area (Å²) in [6.45, 7) is 5.10. The molecule has 0 N–H and O–H groups in total. The fourth-order valence-corrected chi connectivity index (χ4v) is 3.62. The van der Waals surface area contributed by atoms with E-state index in [0.717, 1.165) is 55.5 Å². The van der Waals surface area contributed by atoms with Crippen molar-refractivity contribution in [2.24, 2.45) is 0 Å². The molecule has 1 aromatic heterocycles. The first-order valence-electron chi connectivity index (χ1n) is 9.58. The summed E-state index contributed by atoms with van der Waals surface area (Å²) in [7, 11) is 0. The van der Waals surface area contributed by atoms with Crippen LogP contribution in [0.3, 0.4) is 0 Å². The number of piperazine rings is 1. The van der Waals surface area contributed by atoms with Gasteiger partial charge in [-0.25, -0.2) is 9.97 Å². The Morgan fingerprint density at radius 3 is 2.03 bits per heavy atom. The molecule has 1 saturated heterocycles. The predicted molar refractivity (Wildman–Crippen MR) is 113 cm³/mol. The highest BCUT2D eigenvalue weighted by Crippen LogP contribution is 2.31. The number of nitrogens with zero attached hydrogens (tertiary/aromatic N) is 4. The number of aryl methyl sites for hydroxylation is 1. The molecule has 3 aromatic rings. The quantitative estimate of drug-likeness (QED) is 0.551. The molecule has 30 heavy (non-hydrogen) atoms. The van der Waals surface area contributed by atoms with Gasteiger partial charge in [-0.15, -0.1) is 0 Å². The highest BCUT2D eigenvalue weighted by atomic mass is 35.5. The highest BCUT2D eigenvalue weighted by molar-refractivity contribution is 6.30. The smallest absolute Gasteiger partial charge is 0.368 e. The van der Waals surface area contributed by atoms with Crippen molar-refractivity contribution in [3.05, 3.63) is 70.9 Å². The number of alkyl halides is 3. The molecule has 8 heteroatoms. The number of anilines is 2. The molecule has 4 rings (SSSR count). The van der Waals surface area contributed by atoms with Gasteiger partial charge in [0.15, 0.2) is 5.82 Å². The summed E-state index contributed by atoms with van der Waals surface area (Å²) >= 11 is 5.97. The maximum Gasteiger partial charge on any atom is 0.416 e. The minimum Gasteiger partial charge on any atom is -0.368 e. The summed E-state index contributed by atoms with van der Waals surface area (Å²) in [6.07, 6.45) is -4.36. The van der Waals surface area contributed by atoms with Gasteiger partial charge < -0.3 is 9.80 Å². The lowest BCUT2D eigenvalue weighted by molar-refractivity contribution is -0.137. The van der Waals surface area contributed by atoms with Gasteiger partial charge >= 0.3 is 6.18 Å². The van der Waals surface area contributed by atoms with Crippen LogP contribution in [0.5, 0.6) is 0 Å². The van der Waals surface area contributed by atoms with Crippen LogP contribution >= 0.6 is 11.6 Å². The van der Waals surface area contributed by atoms with Crippen molar-refractivity contribution < 1.29 is 13.2 Å². The summed E-state index contributed by atoms with van der Waals surface area (Å²) < 4.78 is 38.5. The van der Waals surface area contributed by atoms with E-state index in [4.69, 9.17) is 11.6 Å². The number of hydrogen-bond acceptors (Lipinski definition) is 4. The molecule has 0 radical (unpaired) electrons. The second-order valence-corrected chi connectivity index (χ2v) is 7.65. The van der Waals surface area contributed by atoms with Crippen molar-refractivity contribution in [3.63, 3.8) is 0 Å². The van der Waals surface area contributed by atoms with E-state index in [9.17, 15) is 13.2 Å². The second-order valence-electron chi connectivity index (χ2n) is 7.22. The summed E-state index contributed by atoms with van der Waals surface area (Å²) in [4.78, 5) is 13.5. The Balaban J connectivity index is 1.50. The predicted octanol–water partition coefficient (Wildman–Crippen LogP) is 5.45. The van der Waals surface area contributed by atoms with Gasteiger partial charge in [0.2, 0.25) is 0 Å². The largest absolute Gasteiger partial charge is 0.416 e. The summed E-state index contributed by atoms with van der Waals surface area (Å²) in [5.41, 5.74) is 1.78. The molecule has 1 aliphatic rings. The first-order chi connectivity index (χ1) is 14.3. The molecule has 0 saturated carbocycles. The van der Waals surface area contributed by atoms with E-state index in [1.807, 2.05) is 37.3 Å². The number of aromatic nitrogens is 2. The second kappa shape index (κ2) is 8.14. The van der Waals surface area contributed by atoms with E-state index in [-0.39, 0.29) is 0 Å². The van der Waals surface area contributed by atoms with Crippen LogP contribution in [-0.4, -0.2) is 36.1 Å². The van der Waals surface area contributed by atoms with E-state index < -0.39 is 11.7 Å². The maximum absolute atomic E-state index is 12.8. The molecule has 0 bridgehead atoms. The summed E-state index contributed by atoms with van der Waals surface area (Å²) in [5, 5.41) is 0.713. The van der Waals surface area contributed by atoms with Gasteiger partial charge in [0.25, 0.3) is 0 Å². The minimum absolute atomic E-state index is 0.429. The van der Waals surface area contributed by atoms with Crippen LogP contribution < -0.4 is 9.80 Å². The Morgan fingerprint density at radius 1 is 0.833 bits per heavy atom. The molecule has 0 aliphatic carbocycles. The number of rotatable bonds is 3. The SMILES string of the molecule is Cc1cc(N2CCN(c3ccc(Cl)cc3)CC2)nc(-c2ccc(C(F)(F)F)cc2)n1. The van der Waals surface area contributed by atoms with Crippen molar-refractivity contribution >= 4 is 23.1 Å². The monoisotopic (exact) mass is 432 g/mol. The van der Waals surface area contributed by atoms with Gasteiger partial charge in [-0.3, -0.25) is 0 Å². The third-order valence-corrected chi connectivity index (χ3v) is 5.36. The number of benzene rings is 2. The average molecular weight is 433 g/mol. The Kier molecular flexibility index (Phi) is 5.56. The van der Waals surface area contributed by atoms with Gasteiger partial charge in [-0.05, 0) is 43.3 Å². The molecular formula is C22H20ClF3N4. The fourth-order valence-electron chi connectivity index (χ4n) is 3.50. The summed E-state index contributed by atoms with van der Waals surface area (Å²) in [6, 6.07) is 14.6. The molecule has 156 valence electrons. The van der Waals surface area contributed by atoms with Crippen LogP contribution in [0.4, 0.5) is 24.7 Å². The number of halogens is 4. The molecule has 0 spiro atoms. The summed E-state index contributed by atoms with van der Waals surface area (Å²) in [5.74, 6) is 1.21. The normalized spacial score (nSPS) is 14.8. The maximum atomic E-state index is 12.8. The zero-order valence-corrected chi connectivity index (χ0v) is 17.1. The Bertz CT molecular complexity index is 1010. The average Bonchev–Trinajstić information content (AvgIpc) is 2.73. The lowest BCUT2D eigenvalue weighted by atomic mass is 10.1. The molecule has 2 aromatic carbocycles. The van der Waals surface area contributed by atoms with Crippen molar-refractivity contribution in [1.82, 2.24) is 9.97 Å². The van der Waals surface area contributed by atoms with Gasteiger partial charge in [0, 0.05) is 54.2 Å². The van der Waals surface area contributed by atoms with Gasteiger partial charge in [0.05, 0.1) is 5.56 Å². The van der Waals surface area contributed by atoms with Crippen molar-refractivity contribution in [2.45, 2.75) is 13.1 Å². The molecular weight excluding hydrogens is 413 g/mol. The number of hydrogen-bond donors (Lipinski definition) is 0. The van der Waals surface area contributed by atoms with Crippen molar-refractivity contribution in [2.75, 3.05) is 36.0 Å². The van der Waals surface area contributed by atoms with Crippen LogP contribution in [0.15, 0.2) is 54.6 Å². The fraction of sp³-hybridized carbons (Fsp3) is 0.273. The van der Waals surface area contributed by atoms with E-state index in [1.165, 1.54) is 12.1 Å². The lowest BCUT2D eigenvalue weighted by Gasteiger charge is -2.37. The minimum atomic E-state index is -4.36. The first kappa shape index (κ1) is 20.5. The standard InChI is InChI=1S/C22H20ClF3N4/c1-15-14-20(28-21(27-15)16-2-4-17(5-3-16)22(24,25)26)30-12-10-29(11-13-30)19-8-6-18(23)7-9-19/h2-9,14H,10-13H2,1H3. The molecule has 0 amide bonds. The van der Waals surface area contributed by atoms with E-state index in [1.54, 1.807) is 0 Å². The van der Waals surface area contributed by atoms with Crippen LogP contribution in [0.1, 0.15) is 11.3 Å². The van der Waals surface area contributed by atoms with Gasteiger partial charge in [-0.2, -0.15) is 13.2 Å². The van der Waals surface area contributed by atoms with Gasteiger partial charge in [0.1, 0.15) is 5.82 Å². The third kappa shape index (κ3) is 4.51. The van der Waals surface area contributed by atoms with E-state index >= 15 is 0 Å². The van der Waals surface area contributed by atoms with Crippen LogP contribution in [0.25, 0.3) is 11.4 Å². The molecule has 1 fully saturated rings. The van der Waals surface area contributed by atoms with Crippen molar-refractivity contribution in [1.29, 1.82) is 0 Å². The Morgan fingerprint density at radius 2 is 1.43 bits per heavy atom. The van der Waals surface area contributed by atoms with E-state index in [0.29, 0.717) is 16.4 Å². The Labute approximate surface area is 177 Å². The van der Waals surface area contributed by atoms with Crippen molar-refractivity contribution in [3.8, 4) is 11.4 Å². The van der Waals surface area contributed by atoms with Crippen LogP contribution in [0, 0.1) is 6.92 Å². The highest BCUT2D eigenvalue weighted by Gasteiger charge is 2.30. The molecule has 2 heterocycles. The molecule has 0 atom stereocenters. The molecule has 4 nitrogen and oxygen atoms in total. The topological polar surface area (TPSA) is 32.3 Å². The van der Waals surface area contributed by atoms with E-state index in [2.05, 4.69) is 19.8 Å². The third-order valence-electron chi connectivity index (χ3n) is 5.11. The Hall–Kier alpha value is -2.80. The first-order valence-corrected chi connectivity index (χ1v) is 9.96. The zero-order valence-electron chi connectivity index (χ0n) is 16.3. The van der Waals surface area contributed by atoms with Crippen LogP contribution in [-0.2, 0) is 6.18 Å². The molecule has 0 unspecified atom stereocenters. The zero-order chi connectivity index (χ0) is 21.3. The lowest BCUT2D eigenvalue weighted by Crippen LogP contribution is -2.46. The van der Waals surface area contributed by atoms with Gasteiger partial charge in [-0.1, -0.05) is 23.7 Å². The van der Waals surface area contributed by atoms with Crippen LogP contribution in [0.2, 0.25) is 5.02 Å².